The highest BCUT2D eigenvalue weighted by Crippen LogP contribution is 2.28. The molecule has 1 aliphatic rings. The van der Waals surface area contributed by atoms with Gasteiger partial charge in [-0.25, -0.2) is 0 Å². The number of H-pyrrole nitrogens is 1. The molecule has 1 aromatic heterocycles. The van der Waals surface area contributed by atoms with E-state index in [1.807, 2.05) is 18.2 Å². The number of benzene rings is 1. The first kappa shape index (κ1) is 14.6. The molecule has 0 atom stereocenters. The number of rotatable bonds is 4. The number of ether oxygens (including phenoxy) is 2. The van der Waals surface area contributed by atoms with E-state index in [0.29, 0.717) is 23.6 Å². The summed E-state index contributed by atoms with van der Waals surface area (Å²) in [6, 6.07) is 5.67. The summed E-state index contributed by atoms with van der Waals surface area (Å²) in [4.78, 5) is 12.6. The van der Waals surface area contributed by atoms with Crippen molar-refractivity contribution in [3.05, 3.63) is 50.9 Å². The van der Waals surface area contributed by atoms with Gasteiger partial charge in [0, 0.05) is 17.7 Å². The van der Waals surface area contributed by atoms with Crippen molar-refractivity contribution in [3.63, 3.8) is 0 Å². The van der Waals surface area contributed by atoms with Crippen LogP contribution in [0.15, 0.2) is 23.0 Å². The molecule has 0 saturated carbocycles. The van der Waals surface area contributed by atoms with Crippen molar-refractivity contribution < 1.29 is 9.47 Å². The summed E-state index contributed by atoms with van der Waals surface area (Å²) >= 11 is 0. The van der Waals surface area contributed by atoms with Gasteiger partial charge in [-0.2, -0.15) is 5.10 Å². The molecule has 0 bridgehead atoms. The fourth-order valence-electron chi connectivity index (χ4n) is 2.94. The molecule has 22 heavy (non-hydrogen) atoms. The van der Waals surface area contributed by atoms with E-state index in [9.17, 15) is 4.79 Å². The van der Waals surface area contributed by atoms with Crippen LogP contribution in [0.5, 0.6) is 11.5 Å². The molecular formula is C17H20N2O3. The predicted octanol–water partition coefficient (Wildman–Crippen LogP) is 2.26. The maximum absolute atomic E-state index is 12.6. The van der Waals surface area contributed by atoms with Crippen molar-refractivity contribution in [2.24, 2.45) is 0 Å². The second kappa shape index (κ2) is 6.22. The Bertz CT molecular complexity index is 737. The van der Waals surface area contributed by atoms with Crippen LogP contribution in [-0.4, -0.2) is 24.4 Å². The van der Waals surface area contributed by atoms with Crippen molar-refractivity contribution in [2.45, 2.75) is 32.1 Å². The maximum atomic E-state index is 12.6. The Kier molecular flexibility index (Phi) is 4.13. The number of methoxy groups -OCH3 is 2. The van der Waals surface area contributed by atoms with Gasteiger partial charge >= 0.3 is 0 Å². The summed E-state index contributed by atoms with van der Waals surface area (Å²) in [5, 5.41) is 7.34. The first-order valence-electron chi connectivity index (χ1n) is 7.53. The van der Waals surface area contributed by atoms with Crippen molar-refractivity contribution in [1.29, 1.82) is 0 Å². The minimum Gasteiger partial charge on any atom is -0.493 e. The summed E-state index contributed by atoms with van der Waals surface area (Å²) < 4.78 is 10.5. The molecule has 0 aliphatic heterocycles. The minimum atomic E-state index is 0.0863. The Morgan fingerprint density at radius 3 is 2.68 bits per heavy atom. The molecule has 116 valence electrons. The predicted molar refractivity (Wildman–Crippen MR) is 83.9 cm³/mol. The maximum Gasteiger partial charge on any atom is 0.207 e. The number of aromatic amines is 1. The first-order valence-corrected chi connectivity index (χ1v) is 7.53. The van der Waals surface area contributed by atoms with Crippen molar-refractivity contribution in [3.8, 4) is 11.5 Å². The van der Waals surface area contributed by atoms with Crippen LogP contribution in [-0.2, 0) is 19.3 Å². The van der Waals surface area contributed by atoms with Crippen LogP contribution in [0.4, 0.5) is 0 Å². The molecule has 0 amide bonds. The third-order valence-corrected chi connectivity index (χ3v) is 4.15. The zero-order valence-corrected chi connectivity index (χ0v) is 12.9. The van der Waals surface area contributed by atoms with E-state index in [4.69, 9.17) is 9.47 Å². The summed E-state index contributed by atoms with van der Waals surface area (Å²) in [6.07, 6.45) is 4.47. The van der Waals surface area contributed by atoms with Crippen LogP contribution in [0.3, 0.4) is 0 Å². The van der Waals surface area contributed by atoms with Gasteiger partial charge in [-0.05, 0) is 43.4 Å². The zero-order valence-electron chi connectivity index (χ0n) is 12.9. The van der Waals surface area contributed by atoms with E-state index in [0.717, 1.165) is 42.5 Å². The van der Waals surface area contributed by atoms with Gasteiger partial charge < -0.3 is 9.47 Å². The highest BCUT2D eigenvalue weighted by Gasteiger charge is 2.17. The van der Waals surface area contributed by atoms with Crippen LogP contribution >= 0.6 is 0 Å². The van der Waals surface area contributed by atoms with E-state index < -0.39 is 0 Å². The Morgan fingerprint density at radius 2 is 1.91 bits per heavy atom. The molecule has 0 saturated heterocycles. The van der Waals surface area contributed by atoms with Crippen LogP contribution in [0.2, 0.25) is 0 Å². The lowest BCUT2D eigenvalue weighted by Crippen LogP contribution is -2.23. The summed E-state index contributed by atoms with van der Waals surface area (Å²) in [5.41, 5.74) is 3.55. The largest absolute Gasteiger partial charge is 0.493 e. The number of hydrogen-bond acceptors (Lipinski definition) is 4. The van der Waals surface area contributed by atoms with Gasteiger partial charge in [0.05, 0.1) is 14.2 Å². The molecule has 0 unspecified atom stereocenters. The third kappa shape index (κ3) is 2.71. The highest BCUT2D eigenvalue weighted by molar-refractivity contribution is 5.44. The fourth-order valence-corrected chi connectivity index (χ4v) is 2.94. The molecule has 3 rings (SSSR count). The van der Waals surface area contributed by atoms with Gasteiger partial charge in [0.25, 0.3) is 0 Å². The molecule has 0 spiro atoms. The number of fused-ring (bicyclic) bond motifs is 1. The minimum absolute atomic E-state index is 0.0863. The molecule has 1 aliphatic carbocycles. The molecule has 1 aromatic carbocycles. The normalized spacial score (nSPS) is 13.5. The van der Waals surface area contributed by atoms with Crippen LogP contribution in [0, 0.1) is 0 Å². The molecule has 1 N–H and O–H groups in total. The number of nitrogens with one attached hydrogen (secondary N) is 1. The fraction of sp³-hybridized carbons (Fsp3) is 0.412. The highest BCUT2D eigenvalue weighted by atomic mass is 16.5. The van der Waals surface area contributed by atoms with Crippen LogP contribution in [0.25, 0.3) is 0 Å². The number of aromatic nitrogens is 2. The first-order chi connectivity index (χ1) is 10.7. The Hall–Kier alpha value is -2.30. The second-order valence-corrected chi connectivity index (χ2v) is 5.53. The number of hydrogen-bond donors (Lipinski definition) is 1. The van der Waals surface area contributed by atoms with E-state index in [1.54, 1.807) is 14.2 Å². The summed E-state index contributed by atoms with van der Waals surface area (Å²) in [7, 11) is 3.21. The average Bonchev–Trinajstić information content (AvgIpc) is 2.57. The summed E-state index contributed by atoms with van der Waals surface area (Å²) in [6.45, 7) is 0. The second-order valence-electron chi connectivity index (χ2n) is 5.53. The van der Waals surface area contributed by atoms with E-state index in [1.165, 1.54) is 0 Å². The molecule has 5 nitrogen and oxygen atoms in total. The van der Waals surface area contributed by atoms with Gasteiger partial charge in [-0.3, -0.25) is 9.89 Å². The van der Waals surface area contributed by atoms with Crippen molar-refractivity contribution >= 4 is 0 Å². The monoisotopic (exact) mass is 300 g/mol. The quantitative estimate of drug-likeness (QED) is 0.940. The number of nitrogens with zero attached hydrogens (tertiary/aromatic N) is 1. The molecule has 0 radical (unpaired) electrons. The van der Waals surface area contributed by atoms with E-state index in [2.05, 4.69) is 10.2 Å². The zero-order chi connectivity index (χ0) is 15.5. The van der Waals surface area contributed by atoms with Crippen molar-refractivity contribution in [2.75, 3.05) is 14.2 Å². The van der Waals surface area contributed by atoms with Gasteiger partial charge in [0.1, 0.15) is 5.69 Å². The van der Waals surface area contributed by atoms with Gasteiger partial charge in [0.15, 0.2) is 11.5 Å². The molecule has 0 fully saturated rings. The number of aryl methyl sites for hydroxylation is 1. The summed E-state index contributed by atoms with van der Waals surface area (Å²) in [5.74, 6) is 1.34. The standard InChI is InChI=1S/C17H20N2O3/c1-21-15-8-7-11(10-16(15)22-2)9-14-17(20)12-5-3-4-6-13(12)18-19-14/h7-8,10H,3-6,9H2,1-2H3,(H,18,20). The topological polar surface area (TPSA) is 64.2 Å². The SMILES string of the molecule is COc1ccc(Cc2n[nH]c3c(c2=O)CCCC3)cc1OC. The van der Waals surface area contributed by atoms with Crippen LogP contribution in [0.1, 0.15) is 35.4 Å². The lowest BCUT2D eigenvalue weighted by molar-refractivity contribution is 0.354. The smallest absolute Gasteiger partial charge is 0.207 e. The molecule has 2 aromatic rings. The Balaban J connectivity index is 1.92. The van der Waals surface area contributed by atoms with Crippen LogP contribution < -0.4 is 14.9 Å². The van der Waals surface area contributed by atoms with E-state index in [-0.39, 0.29) is 5.43 Å². The van der Waals surface area contributed by atoms with Gasteiger partial charge in [0.2, 0.25) is 5.43 Å². The molecule has 1 heterocycles. The van der Waals surface area contributed by atoms with Gasteiger partial charge in [-0.15, -0.1) is 0 Å². The lowest BCUT2D eigenvalue weighted by atomic mass is 9.95. The Labute approximate surface area is 129 Å². The average molecular weight is 300 g/mol. The van der Waals surface area contributed by atoms with E-state index >= 15 is 0 Å². The lowest BCUT2D eigenvalue weighted by Gasteiger charge is -2.15. The third-order valence-electron chi connectivity index (χ3n) is 4.15. The van der Waals surface area contributed by atoms with Gasteiger partial charge in [-0.1, -0.05) is 6.07 Å². The molecular weight excluding hydrogens is 280 g/mol. The Morgan fingerprint density at radius 1 is 1.14 bits per heavy atom. The van der Waals surface area contributed by atoms with Crippen molar-refractivity contribution in [1.82, 2.24) is 10.2 Å². The molecule has 5 heteroatoms.